The van der Waals surface area contributed by atoms with E-state index in [2.05, 4.69) is 4.98 Å². The predicted molar refractivity (Wildman–Crippen MR) is 77.3 cm³/mol. The summed E-state index contributed by atoms with van der Waals surface area (Å²) in [6, 6.07) is 12.0. The molecule has 0 aliphatic rings. The molecule has 1 aromatic heterocycles. The minimum Gasteiger partial charge on any atom is -0.330 e. The number of aromatic nitrogens is 2. The molecule has 0 saturated carbocycles. The Labute approximate surface area is 119 Å². The summed E-state index contributed by atoms with van der Waals surface area (Å²) in [5, 5.41) is 0. The number of imidazole rings is 1. The molecule has 0 aliphatic carbocycles. The molecule has 0 fully saturated rings. The van der Waals surface area contributed by atoms with E-state index in [0.29, 0.717) is 10.3 Å². The van der Waals surface area contributed by atoms with Crippen LogP contribution in [0.3, 0.4) is 0 Å². The standard InChI is InChI=1S/C15H12F2N2S/c1-9(10-5-3-2-4-6-10)19-14-12(18-15(19)20)8-7-11(16)13(14)17/h2-9H,1H3,(H,18,20). The molecule has 0 saturated heterocycles. The lowest BCUT2D eigenvalue weighted by Crippen LogP contribution is -2.08. The lowest BCUT2D eigenvalue weighted by atomic mass is 10.1. The van der Waals surface area contributed by atoms with Gasteiger partial charge in [-0.25, -0.2) is 8.78 Å². The third kappa shape index (κ3) is 1.94. The minimum absolute atomic E-state index is 0.173. The fraction of sp³-hybridized carbons (Fsp3) is 0.133. The summed E-state index contributed by atoms with van der Waals surface area (Å²) >= 11 is 5.25. The van der Waals surface area contributed by atoms with Gasteiger partial charge in [0.1, 0.15) is 5.52 Å². The number of nitrogens with zero attached hydrogens (tertiary/aromatic N) is 1. The van der Waals surface area contributed by atoms with E-state index in [9.17, 15) is 8.78 Å². The van der Waals surface area contributed by atoms with Gasteiger partial charge in [-0.3, -0.25) is 0 Å². The van der Waals surface area contributed by atoms with Crippen molar-refractivity contribution in [2.24, 2.45) is 0 Å². The van der Waals surface area contributed by atoms with E-state index in [-0.39, 0.29) is 11.6 Å². The Hall–Kier alpha value is -2.01. The van der Waals surface area contributed by atoms with Crippen LogP contribution in [0.4, 0.5) is 8.78 Å². The average Bonchev–Trinajstić information content (AvgIpc) is 2.80. The molecule has 0 spiro atoms. The average molecular weight is 290 g/mol. The molecule has 1 N–H and O–H groups in total. The number of aromatic amines is 1. The first kappa shape index (κ1) is 13.0. The molecule has 2 aromatic carbocycles. The van der Waals surface area contributed by atoms with Gasteiger partial charge in [-0.1, -0.05) is 30.3 Å². The second kappa shape index (κ2) is 4.83. The first-order valence-corrected chi connectivity index (χ1v) is 6.63. The number of halogens is 2. The monoisotopic (exact) mass is 290 g/mol. The van der Waals surface area contributed by atoms with Crippen molar-refractivity contribution in [2.45, 2.75) is 13.0 Å². The maximum absolute atomic E-state index is 14.1. The highest BCUT2D eigenvalue weighted by molar-refractivity contribution is 7.71. The van der Waals surface area contributed by atoms with Crippen LogP contribution in [0.1, 0.15) is 18.5 Å². The van der Waals surface area contributed by atoms with Crippen molar-refractivity contribution in [1.82, 2.24) is 9.55 Å². The molecule has 102 valence electrons. The summed E-state index contributed by atoms with van der Waals surface area (Å²) in [6.07, 6.45) is 0. The number of fused-ring (bicyclic) bond motifs is 1. The number of hydrogen-bond donors (Lipinski definition) is 1. The molecule has 20 heavy (non-hydrogen) atoms. The largest absolute Gasteiger partial charge is 0.330 e. The Morgan fingerprint density at radius 1 is 1.10 bits per heavy atom. The summed E-state index contributed by atoms with van der Waals surface area (Å²) in [5.74, 6) is -1.75. The molecule has 0 aliphatic heterocycles. The zero-order valence-electron chi connectivity index (χ0n) is 10.7. The van der Waals surface area contributed by atoms with Gasteiger partial charge in [0, 0.05) is 0 Å². The summed E-state index contributed by atoms with van der Waals surface area (Å²) in [5.41, 5.74) is 1.65. The molecule has 0 amide bonds. The highest BCUT2D eigenvalue weighted by Crippen LogP contribution is 2.27. The van der Waals surface area contributed by atoms with Crippen LogP contribution in [0.15, 0.2) is 42.5 Å². The Balaban J connectivity index is 2.29. The summed E-state index contributed by atoms with van der Waals surface area (Å²) in [6.45, 7) is 1.91. The Morgan fingerprint density at radius 2 is 1.80 bits per heavy atom. The van der Waals surface area contributed by atoms with Crippen molar-refractivity contribution < 1.29 is 8.78 Å². The molecule has 1 unspecified atom stereocenters. The summed E-state index contributed by atoms with van der Waals surface area (Å²) in [4.78, 5) is 2.92. The third-order valence-corrected chi connectivity index (χ3v) is 3.74. The first-order valence-electron chi connectivity index (χ1n) is 6.22. The van der Waals surface area contributed by atoms with Crippen molar-refractivity contribution in [1.29, 1.82) is 0 Å². The van der Waals surface area contributed by atoms with E-state index in [0.717, 1.165) is 11.6 Å². The number of rotatable bonds is 2. The van der Waals surface area contributed by atoms with Gasteiger partial charge in [0.15, 0.2) is 16.4 Å². The van der Waals surface area contributed by atoms with E-state index in [4.69, 9.17) is 12.2 Å². The van der Waals surface area contributed by atoms with Gasteiger partial charge < -0.3 is 9.55 Å². The molecule has 0 bridgehead atoms. The van der Waals surface area contributed by atoms with Crippen LogP contribution in [0, 0.1) is 16.4 Å². The molecule has 5 heteroatoms. The zero-order valence-corrected chi connectivity index (χ0v) is 11.5. The van der Waals surface area contributed by atoms with Gasteiger partial charge in [-0.05, 0) is 36.8 Å². The van der Waals surface area contributed by atoms with Gasteiger partial charge in [0.25, 0.3) is 0 Å². The zero-order chi connectivity index (χ0) is 14.3. The maximum Gasteiger partial charge on any atom is 0.184 e. The smallest absolute Gasteiger partial charge is 0.184 e. The van der Waals surface area contributed by atoms with Crippen LogP contribution < -0.4 is 0 Å². The number of H-pyrrole nitrogens is 1. The van der Waals surface area contributed by atoms with Crippen LogP contribution in [-0.2, 0) is 0 Å². The number of benzene rings is 2. The van der Waals surface area contributed by atoms with Crippen molar-refractivity contribution >= 4 is 23.3 Å². The van der Waals surface area contributed by atoms with Gasteiger partial charge >= 0.3 is 0 Å². The molecule has 0 radical (unpaired) electrons. The van der Waals surface area contributed by atoms with Gasteiger partial charge in [0.2, 0.25) is 0 Å². The van der Waals surface area contributed by atoms with Crippen molar-refractivity contribution in [3.05, 3.63) is 64.4 Å². The van der Waals surface area contributed by atoms with Crippen LogP contribution >= 0.6 is 12.2 Å². The normalized spacial score (nSPS) is 12.8. The van der Waals surface area contributed by atoms with Crippen molar-refractivity contribution in [3.8, 4) is 0 Å². The van der Waals surface area contributed by atoms with Crippen LogP contribution in [0.2, 0.25) is 0 Å². The van der Waals surface area contributed by atoms with E-state index in [1.165, 1.54) is 6.07 Å². The number of hydrogen-bond acceptors (Lipinski definition) is 1. The van der Waals surface area contributed by atoms with Crippen LogP contribution in [0.25, 0.3) is 11.0 Å². The van der Waals surface area contributed by atoms with Crippen molar-refractivity contribution in [3.63, 3.8) is 0 Å². The van der Waals surface area contributed by atoms with E-state index < -0.39 is 11.6 Å². The SMILES string of the molecule is CC(c1ccccc1)n1c(=S)[nH]c2ccc(F)c(F)c21. The molecular formula is C15H12F2N2S. The summed E-state index contributed by atoms with van der Waals surface area (Å²) in [7, 11) is 0. The third-order valence-electron chi connectivity index (χ3n) is 3.44. The molecule has 1 heterocycles. The topological polar surface area (TPSA) is 20.7 Å². The second-order valence-electron chi connectivity index (χ2n) is 4.64. The van der Waals surface area contributed by atoms with Gasteiger partial charge in [-0.2, -0.15) is 0 Å². The molecular weight excluding hydrogens is 278 g/mol. The molecule has 1 atom stereocenters. The first-order chi connectivity index (χ1) is 9.59. The Bertz CT molecular complexity index is 821. The van der Waals surface area contributed by atoms with Gasteiger partial charge in [0.05, 0.1) is 11.6 Å². The fourth-order valence-electron chi connectivity index (χ4n) is 2.40. The molecule has 3 rings (SSSR count). The van der Waals surface area contributed by atoms with E-state index in [1.807, 2.05) is 37.3 Å². The van der Waals surface area contributed by atoms with E-state index >= 15 is 0 Å². The Morgan fingerprint density at radius 3 is 2.50 bits per heavy atom. The summed E-state index contributed by atoms with van der Waals surface area (Å²) < 4.78 is 29.5. The number of nitrogens with one attached hydrogen (secondary N) is 1. The van der Waals surface area contributed by atoms with Gasteiger partial charge in [-0.15, -0.1) is 0 Å². The van der Waals surface area contributed by atoms with Crippen LogP contribution in [0.5, 0.6) is 0 Å². The predicted octanol–water partition coefficient (Wildman–Crippen LogP) is 4.59. The van der Waals surface area contributed by atoms with Crippen LogP contribution in [-0.4, -0.2) is 9.55 Å². The second-order valence-corrected chi connectivity index (χ2v) is 5.03. The lowest BCUT2D eigenvalue weighted by molar-refractivity contribution is 0.508. The molecule has 3 aromatic rings. The quantitative estimate of drug-likeness (QED) is 0.685. The van der Waals surface area contributed by atoms with E-state index in [1.54, 1.807) is 4.57 Å². The Kier molecular flexibility index (Phi) is 3.14. The fourth-order valence-corrected chi connectivity index (χ4v) is 2.76. The van der Waals surface area contributed by atoms with Crippen molar-refractivity contribution in [2.75, 3.05) is 0 Å². The highest BCUT2D eigenvalue weighted by atomic mass is 32.1. The lowest BCUT2D eigenvalue weighted by Gasteiger charge is -2.15. The minimum atomic E-state index is -0.877. The highest BCUT2D eigenvalue weighted by Gasteiger charge is 2.18. The molecule has 2 nitrogen and oxygen atoms in total. The maximum atomic E-state index is 14.1.